The highest BCUT2D eigenvalue weighted by Gasteiger charge is 2.15. The van der Waals surface area contributed by atoms with E-state index in [2.05, 4.69) is 55.1 Å². The second-order valence-corrected chi connectivity index (χ2v) is 8.04. The van der Waals surface area contributed by atoms with Crippen LogP contribution in [0, 0.1) is 6.92 Å². The van der Waals surface area contributed by atoms with Crippen molar-refractivity contribution in [2.45, 2.75) is 20.3 Å². The number of pyridine rings is 1. The third-order valence-electron chi connectivity index (χ3n) is 4.89. The summed E-state index contributed by atoms with van der Waals surface area (Å²) < 4.78 is 0. The van der Waals surface area contributed by atoms with Crippen LogP contribution in [0.15, 0.2) is 30.6 Å². The fourth-order valence-electron chi connectivity index (χ4n) is 3.21. The monoisotopic (exact) mass is 395 g/mol. The van der Waals surface area contributed by atoms with Gasteiger partial charge in [-0.05, 0) is 38.6 Å². The van der Waals surface area contributed by atoms with E-state index in [1.54, 1.807) is 17.5 Å². The Morgan fingerprint density at radius 3 is 2.57 bits per heavy atom. The quantitative estimate of drug-likeness (QED) is 0.710. The molecule has 4 rings (SSSR count). The molecule has 1 fully saturated rings. The normalized spacial score (nSPS) is 15.0. The molecule has 28 heavy (non-hydrogen) atoms. The van der Waals surface area contributed by atoms with E-state index in [1.807, 2.05) is 25.3 Å². The molecule has 1 saturated heterocycles. The number of anilines is 3. The molecular formula is C20H25N7S. The van der Waals surface area contributed by atoms with Crippen LogP contribution in [0.2, 0.25) is 0 Å². The fourth-order valence-corrected chi connectivity index (χ4v) is 4.19. The van der Waals surface area contributed by atoms with E-state index in [4.69, 9.17) is 0 Å². The lowest BCUT2D eigenvalue weighted by molar-refractivity contribution is 0.313. The summed E-state index contributed by atoms with van der Waals surface area (Å²) in [5, 5.41) is 4.34. The summed E-state index contributed by atoms with van der Waals surface area (Å²) in [6.07, 6.45) is 4.62. The number of aromatic nitrogens is 4. The lowest BCUT2D eigenvalue weighted by Gasteiger charge is -2.33. The number of aryl methyl sites for hydroxylation is 2. The van der Waals surface area contributed by atoms with Crippen LogP contribution in [0.1, 0.15) is 17.6 Å². The molecule has 4 heterocycles. The number of piperazine rings is 1. The van der Waals surface area contributed by atoms with Crippen molar-refractivity contribution < 1.29 is 0 Å². The molecule has 3 aromatic rings. The summed E-state index contributed by atoms with van der Waals surface area (Å²) in [6.45, 7) is 8.37. The second kappa shape index (κ2) is 8.20. The third kappa shape index (κ3) is 4.13. The second-order valence-electron chi connectivity index (χ2n) is 6.96. The van der Waals surface area contributed by atoms with Crippen molar-refractivity contribution in [3.8, 4) is 10.6 Å². The molecule has 3 aromatic heterocycles. The van der Waals surface area contributed by atoms with Crippen molar-refractivity contribution in [3.63, 3.8) is 0 Å². The van der Waals surface area contributed by atoms with Gasteiger partial charge in [-0.25, -0.2) is 19.9 Å². The number of nitrogens with zero attached hydrogens (tertiary/aromatic N) is 6. The van der Waals surface area contributed by atoms with Crippen LogP contribution in [-0.4, -0.2) is 58.1 Å². The molecule has 8 heteroatoms. The molecule has 0 spiro atoms. The van der Waals surface area contributed by atoms with Gasteiger partial charge in [-0.1, -0.05) is 6.92 Å². The molecule has 1 aliphatic rings. The Morgan fingerprint density at radius 1 is 1.07 bits per heavy atom. The van der Waals surface area contributed by atoms with Gasteiger partial charge in [0.15, 0.2) is 0 Å². The molecule has 0 bridgehead atoms. The Bertz CT molecular complexity index is 930. The highest BCUT2D eigenvalue weighted by molar-refractivity contribution is 7.15. The SMILES string of the molecule is CCc1nc(C)c(-c2ccnc(Nc3ccc(N4CCN(C)CC4)cn3)n2)s1. The van der Waals surface area contributed by atoms with Crippen molar-refractivity contribution in [1.82, 2.24) is 24.8 Å². The van der Waals surface area contributed by atoms with Crippen LogP contribution < -0.4 is 10.2 Å². The third-order valence-corrected chi connectivity index (χ3v) is 6.21. The number of hydrogen-bond donors (Lipinski definition) is 1. The molecule has 0 unspecified atom stereocenters. The van der Waals surface area contributed by atoms with Gasteiger partial charge in [0.05, 0.1) is 33.2 Å². The first-order valence-corrected chi connectivity index (χ1v) is 10.4. The van der Waals surface area contributed by atoms with Gasteiger partial charge in [-0.3, -0.25) is 0 Å². The predicted molar refractivity (Wildman–Crippen MR) is 114 cm³/mol. The van der Waals surface area contributed by atoms with Crippen molar-refractivity contribution in [1.29, 1.82) is 0 Å². The largest absolute Gasteiger partial charge is 0.368 e. The van der Waals surface area contributed by atoms with Crippen LogP contribution in [0.25, 0.3) is 10.6 Å². The first-order valence-electron chi connectivity index (χ1n) is 9.58. The van der Waals surface area contributed by atoms with Gasteiger partial charge in [-0.15, -0.1) is 11.3 Å². The average Bonchev–Trinajstić information content (AvgIpc) is 3.10. The summed E-state index contributed by atoms with van der Waals surface area (Å²) in [4.78, 5) is 24.0. The number of nitrogens with one attached hydrogen (secondary N) is 1. The van der Waals surface area contributed by atoms with E-state index in [0.717, 1.165) is 65.4 Å². The molecule has 0 amide bonds. The molecule has 0 aromatic carbocycles. The van der Waals surface area contributed by atoms with Crippen LogP contribution in [0.3, 0.4) is 0 Å². The maximum atomic E-state index is 4.66. The fraction of sp³-hybridized carbons (Fsp3) is 0.400. The minimum atomic E-state index is 0.545. The Hall–Kier alpha value is -2.58. The zero-order valence-corrected chi connectivity index (χ0v) is 17.3. The molecule has 0 radical (unpaired) electrons. The molecule has 0 atom stereocenters. The zero-order chi connectivity index (χ0) is 19.5. The van der Waals surface area contributed by atoms with Crippen LogP contribution in [0.4, 0.5) is 17.5 Å². The summed E-state index contributed by atoms with van der Waals surface area (Å²) in [5.41, 5.74) is 3.06. The predicted octanol–water partition coefficient (Wildman–Crippen LogP) is 3.36. The number of rotatable bonds is 5. The molecule has 7 nitrogen and oxygen atoms in total. The summed E-state index contributed by atoms with van der Waals surface area (Å²) in [7, 11) is 2.16. The Labute approximate surface area is 169 Å². The Kier molecular flexibility index (Phi) is 5.50. The Morgan fingerprint density at radius 2 is 1.89 bits per heavy atom. The molecule has 1 N–H and O–H groups in total. The van der Waals surface area contributed by atoms with Gasteiger partial charge in [0.1, 0.15) is 5.82 Å². The Balaban J connectivity index is 1.48. The molecule has 0 saturated carbocycles. The van der Waals surface area contributed by atoms with E-state index in [0.29, 0.717) is 5.95 Å². The molecule has 146 valence electrons. The lowest BCUT2D eigenvalue weighted by atomic mass is 10.3. The van der Waals surface area contributed by atoms with Gasteiger partial charge in [-0.2, -0.15) is 0 Å². The van der Waals surface area contributed by atoms with Gasteiger partial charge in [0.25, 0.3) is 0 Å². The number of likely N-dealkylation sites (N-methyl/N-ethyl adjacent to an activating group) is 1. The lowest BCUT2D eigenvalue weighted by Crippen LogP contribution is -2.44. The summed E-state index contributed by atoms with van der Waals surface area (Å²) >= 11 is 1.69. The first-order chi connectivity index (χ1) is 13.6. The standard InChI is InChI=1S/C20H25N7S/c1-4-18-23-14(2)19(28-18)16-7-8-21-20(24-16)25-17-6-5-15(13-22-17)27-11-9-26(3)10-12-27/h5-8,13H,4,9-12H2,1-3H3,(H,21,22,24,25). The van der Waals surface area contributed by atoms with E-state index in [9.17, 15) is 0 Å². The highest BCUT2D eigenvalue weighted by atomic mass is 32.1. The molecular weight excluding hydrogens is 370 g/mol. The molecule has 0 aliphatic carbocycles. The zero-order valence-electron chi connectivity index (χ0n) is 16.5. The van der Waals surface area contributed by atoms with Crippen molar-refractivity contribution >= 4 is 28.8 Å². The maximum absolute atomic E-state index is 4.66. The van der Waals surface area contributed by atoms with Crippen LogP contribution in [-0.2, 0) is 6.42 Å². The number of hydrogen-bond acceptors (Lipinski definition) is 8. The van der Waals surface area contributed by atoms with Gasteiger partial charge in [0.2, 0.25) is 5.95 Å². The van der Waals surface area contributed by atoms with Gasteiger partial charge >= 0.3 is 0 Å². The summed E-state index contributed by atoms with van der Waals surface area (Å²) in [5.74, 6) is 1.29. The van der Waals surface area contributed by atoms with E-state index in [1.165, 1.54) is 0 Å². The van der Waals surface area contributed by atoms with Crippen LogP contribution in [0.5, 0.6) is 0 Å². The smallest absolute Gasteiger partial charge is 0.228 e. The molecule has 1 aliphatic heterocycles. The maximum Gasteiger partial charge on any atom is 0.228 e. The summed E-state index contributed by atoms with van der Waals surface area (Å²) in [6, 6.07) is 6.01. The van der Waals surface area contributed by atoms with Crippen molar-refractivity contribution in [2.75, 3.05) is 43.4 Å². The van der Waals surface area contributed by atoms with Crippen LogP contribution >= 0.6 is 11.3 Å². The van der Waals surface area contributed by atoms with Gasteiger partial charge in [0, 0.05) is 32.4 Å². The van der Waals surface area contributed by atoms with E-state index in [-0.39, 0.29) is 0 Å². The number of thiazole rings is 1. The average molecular weight is 396 g/mol. The van der Waals surface area contributed by atoms with Crippen molar-refractivity contribution in [3.05, 3.63) is 41.3 Å². The minimum absolute atomic E-state index is 0.545. The van der Waals surface area contributed by atoms with Crippen molar-refractivity contribution in [2.24, 2.45) is 0 Å². The van der Waals surface area contributed by atoms with E-state index < -0.39 is 0 Å². The van der Waals surface area contributed by atoms with E-state index >= 15 is 0 Å². The highest BCUT2D eigenvalue weighted by Crippen LogP contribution is 2.29. The first kappa shape index (κ1) is 18.8. The van der Waals surface area contributed by atoms with Gasteiger partial charge < -0.3 is 15.1 Å². The minimum Gasteiger partial charge on any atom is -0.368 e. The topological polar surface area (TPSA) is 70.1 Å².